The Balaban J connectivity index is 1.24. The highest BCUT2D eigenvalue weighted by Crippen LogP contribution is 2.69. The van der Waals surface area contributed by atoms with E-state index in [0.717, 1.165) is 38.5 Å². The minimum atomic E-state index is -1.28. The van der Waals surface area contributed by atoms with Gasteiger partial charge in [0.25, 0.3) is 0 Å². The van der Waals surface area contributed by atoms with E-state index in [1.54, 1.807) is 0 Å². The Labute approximate surface area is 269 Å². The van der Waals surface area contributed by atoms with Crippen molar-refractivity contribution in [3.63, 3.8) is 0 Å². The number of fused-ring (bicyclic) bond motifs is 5. The topological polar surface area (TPSA) is 169 Å². The fraction of sp³-hybridized carbons (Fsp3) is 1.00. The first kappa shape index (κ1) is 35.9. The highest BCUT2D eigenvalue weighted by molar-refractivity contribution is 5.21. The van der Waals surface area contributed by atoms with Gasteiger partial charge in [0.1, 0.15) is 18.3 Å². The fourth-order valence-electron chi connectivity index (χ4n) is 11.4. The van der Waals surface area contributed by atoms with Crippen molar-refractivity contribution < 1.29 is 50.0 Å². The third-order valence-electron chi connectivity index (χ3n) is 13.9. The van der Waals surface area contributed by atoms with Crippen LogP contribution < -0.4 is 0 Å². The second-order valence-corrected chi connectivity index (χ2v) is 16.6. The predicted octanol–water partition coefficient (Wildman–Crippen LogP) is 2.22. The first-order chi connectivity index (χ1) is 21.1. The number of aliphatic hydroxyl groups excluding tert-OH is 6. The summed E-state index contributed by atoms with van der Waals surface area (Å²) in [5.41, 5.74) is -2.09. The SMILES string of the molecule is CO[C@@H]1CO[C@@H](OCCC(CCC(C)C2[C@@H](O)[C@@H](O)C3[C@]2(C)CCC2[C@@]4(C)CC[C@H](O)CC4C(O)C[C@]23O)C(C)C)C(O)C1O. The monoisotopic (exact) mass is 642 g/mol. The van der Waals surface area contributed by atoms with E-state index < -0.39 is 66.0 Å². The molecule has 0 aromatic rings. The largest absolute Gasteiger partial charge is 0.393 e. The Morgan fingerprint density at radius 1 is 0.844 bits per heavy atom. The van der Waals surface area contributed by atoms with Gasteiger partial charge in [0.05, 0.1) is 43.2 Å². The van der Waals surface area contributed by atoms with E-state index >= 15 is 0 Å². The van der Waals surface area contributed by atoms with Crippen molar-refractivity contribution in [2.45, 2.75) is 147 Å². The van der Waals surface area contributed by atoms with Crippen LogP contribution in [0.15, 0.2) is 0 Å². The number of aliphatic hydroxyl groups is 7. The Morgan fingerprint density at radius 3 is 2.20 bits per heavy atom. The lowest BCUT2D eigenvalue weighted by Crippen LogP contribution is -2.68. The van der Waals surface area contributed by atoms with Gasteiger partial charge >= 0.3 is 0 Å². The number of rotatable bonds is 10. The first-order valence-electron chi connectivity index (χ1n) is 17.7. The highest BCUT2D eigenvalue weighted by Gasteiger charge is 2.72. The zero-order valence-corrected chi connectivity index (χ0v) is 28.3. The molecule has 4 saturated carbocycles. The summed E-state index contributed by atoms with van der Waals surface area (Å²) in [5, 5.41) is 78.2. The lowest BCUT2D eigenvalue weighted by atomic mass is 9.42. The zero-order valence-electron chi connectivity index (χ0n) is 28.3. The molecule has 10 heteroatoms. The van der Waals surface area contributed by atoms with Gasteiger partial charge in [-0.25, -0.2) is 0 Å². The van der Waals surface area contributed by atoms with E-state index in [2.05, 4.69) is 34.6 Å². The van der Waals surface area contributed by atoms with Crippen LogP contribution in [0.1, 0.15) is 92.4 Å². The summed E-state index contributed by atoms with van der Waals surface area (Å²) >= 11 is 0. The van der Waals surface area contributed by atoms with E-state index in [4.69, 9.17) is 14.2 Å². The van der Waals surface area contributed by atoms with Crippen LogP contribution in [0, 0.1) is 52.3 Å². The summed E-state index contributed by atoms with van der Waals surface area (Å²) in [5.74, 6) is -0.101. The van der Waals surface area contributed by atoms with Crippen molar-refractivity contribution in [2.75, 3.05) is 20.3 Å². The summed E-state index contributed by atoms with van der Waals surface area (Å²) < 4.78 is 16.6. The molecule has 1 aliphatic heterocycles. The molecule has 0 spiro atoms. The third-order valence-corrected chi connectivity index (χ3v) is 13.9. The lowest BCUT2D eigenvalue weighted by Gasteiger charge is -2.65. The van der Waals surface area contributed by atoms with Crippen molar-refractivity contribution >= 4 is 0 Å². The fourth-order valence-corrected chi connectivity index (χ4v) is 11.4. The summed E-state index contributed by atoms with van der Waals surface area (Å²) in [6, 6.07) is 0. The molecule has 0 radical (unpaired) electrons. The van der Waals surface area contributed by atoms with Crippen LogP contribution >= 0.6 is 0 Å². The van der Waals surface area contributed by atoms with Gasteiger partial charge in [-0.05, 0) is 91.3 Å². The Kier molecular flexibility index (Phi) is 10.8. The average molecular weight is 643 g/mol. The maximum Gasteiger partial charge on any atom is 0.186 e. The number of hydrogen-bond acceptors (Lipinski definition) is 10. The molecule has 1 heterocycles. The van der Waals surface area contributed by atoms with Crippen LogP contribution in [0.3, 0.4) is 0 Å². The van der Waals surface area contributed by atoms with Gasteiger partial charge in [-0.2, -0.15) is 0 Å². The molecule has 0 amide bonds. The molecule has 9 unspecified atom stereocenters. The van der Waals surface area contributed by atoms with Crippen molar-refractivity contribution in [1.82, 2.24) is 0 Å². The van der Waals surface area contributed by atoms with Crippen LogP contribution in [0.2, 0.25) is 0 Å². The molecule has 1 saturated heterocycles. The van der Waals surface area contributed by atoms with Gasteiger partial charge in [-0.15, -0.1) is 0 Å². The highest BCUT2D eigenvalue weighted by atomic mass is 16.7. The van der Waals surface area contributed by atoms with Crippen molar-refractivity contribution in [2.24, 2.45) is 52.3 Å². The van der Waals surface area contributed by atoms with Crippen molar-refractivity contribution in [3.8, 4) is 0 Å². The first-order valence-corrected chi connectivity index (χ1v) is 17.7. The average Bonchev–Trinajstić information content (AvgIpc) is 3.18. The third kappa shape index (κ3) is 6.17. The lowest BCUT2D eigenvalue weighted by molar-refractivity contribution is -0.274. The molecular weight excluding hydrogens is 580 g/mol. The van der Waals surface area contributed by atoms with E-state index in [-0.39, 0.29) is 42.1 Å². The van der Waals surface area contributed by atoms with E-state index in [9.17, 15) is 35.7 Å². The Morgan fingerprint density at radius 2 is 1.53 bits per heavy atom. The summed E-state index contributed by atoms with van der Waals surface area (Å²) in [4.78, 5) is 0. The second-order valence-electron chi connectivity index (χ2n) is 16.6. The molecule has 0 aromatic carbocycles. The second kappa shape index (κ2) is 13.5. The quantitative estimate of drug-likeness (QED) is 0.188. The van der Waals surface area contributed by atoms with Gasteiger partial charge in [0.15, 0.2) is 6.29 Å². The molecule has 45 heavy (non-hydrogen) atoms. The summed E-state index contributed by atoms with van der Waals surface area (Å²) in [6.07, 6.45) is -0.745. The van der Waals surface area contributed by atoms with Crippen LogP contribution in [-0.2, 0) is 14.2 Å². The normalized spacial score (nSPS) is 51.3. The van der Waals surface area contributed by atoms with E-state index in [1.807, 2.05) is 0 Å². The molecule has 0 bridgehead atoms. The van der Waals surface area contributed by atoms with Crippen LogP contribution in [0.25, 0.3) is 0 Å². The van der Waals surface area contributed by atoms with Gasteiger partial charge in [0, 0.05) is 19.4 Å². The minimum absolute atomic E-state index is 0.0775. The minimum Gasteiger partial charge on any atom is -0.393 e. The molecule has 5 rings (SSSR count). The molecule has 4 aliphatic carbocycles. The summed E-state index contributed by atoms with van der Waals surface area (Å²) in [7, 11) is 1.47. The zero-order chi connectivity index (χ0) is 33.1. The molecule has 262 valence electrons. The number of methoxy groups -OCH3 is 1. The molecule has 17 atom stereocenters. The Hall–Kier alpha value is -0.400. The maximum atomic E-state index is 12.6. The maximum absolute atomic E-state index is 12.6. The molecule has 0 aromatic heterocycles. The molecule has 7 N–H and O–H groups in total. The summed E-state index contributed by atoms with van der Waals surface area (Å²) in [6.45, 7) is 11.4. The van der Waals surface area contributed by atoms with E-state index in [1.165, 1.54) is 7.11 Å². The van der Waals surface area contributed by atoms with Crippen molar-refractivity contribution in [1.29, 1.82) is 0 Å². The number of ether oxygens (including phenoxy) is 3. The van der Waals surface area contributed by atoms with Crippen LogP contribution in [-0.4, -0.2) is 111 Å². The van der Waals surface area contributed by atoms with Gasteiger partial charge in [-0.1, -0.05) is 41.0 Å². The van der Waals surface area contributed by atoms with Gasteiger partial charge in [0.2, 0.25) is 0 Å². The number of hydrogen-bond donors (Lipinski definition) is 7. The molecule has 5 fully saturated rings. The van der Waals surface area contributed by atoms with Gasteiger partial charge < -0.3 is 50.0 Å². The standard InChI is InChI=1S/C35H62O10/c1-18(2)20(11-14-44-32-30(41)27(38)24(43-6)17-45-32)8-7-19(3)26-28(39)29(40)31-34(26,5)13-10-25-33(4)12-9-21(36)15-22(33)23(37)16-35(25,31)42/h18-32,36-42H,7-17H2,1-6H3/t19?,20?,21-,22?,23?,24+,25?,26?,27?,28+,29+,30?,31?,32+,33-,34+,35-/m0/s1. The molecular formula is C35H62O10. The van der Waals surface area contributed by atoms with Gasteiger partial charge in [-0.3, -0.25) is 0 Å². The molecule has 5 aliphatic rings. The molecule has 10 nitrogen and oxygen atoms in total. The smallest absolute Gasteiger partial charge is 0.186 e. The van der Waals surface area contributed by atoms with Crippen molar-refractivity contribution in [3.05, 3.63) is 0 Å². The predicted molar refractivity (Wildman–Crippen MR) is 167 cm³/mol. The van der Waals surface area contributed by atoms with Crippen LogP contribution in [0.4, 0.5) is 0 Å². The van der Waals surface area contributed by atoms with Crippen LogP contribution in [0.5, 0.6) is 0 Å². The Bertz CT molecular complexity index is 997. The van der Waals surface area contributed by atoms with E-state index in [0.29, 0.717) is 31.3 Å².